The summed E-state index contributed by atoms with van der Waals surface area (Å²) in [7, 11) is 0. The van der Waals surface area contributed by atoms with Crippen LogP contribution in [0.1, 0.15) is 23.4 Å². The highest BCUT2D eigenvalue weighted by Crippen LogP contribution is 2.01. The van der Waals surface area contributed by atoms with Gasteiger partial charge in [-0.25, -0.2) is 4.98 Å². The summed E-state index contributed by atoms with van der Waals surface area (Å²) < 4.78 is 4.97. The zero-order valence-electron chi connectivity index (χ0n) is 8.11. The van der Waals surface area contributed by atoms with E-state index in [1.54, 1.807) is 6.92 Å². The summed E-state index contributed by atoms with van der Waals surface area (Å²) in [5, 5.41) is 10.5. The third kappa shape index (κ3) is 1.95. The Hall–Kier alpha value is -1.72. The van der Waals surface area contributed by atoms with Crippen LogP contribution in [-0.4, -0.2) is 25.3 Å². The second-order valence-electron chi connectivity index (χ2n) is 3.07. The van der Waals surface area contributed by atoms with E-state index in [2.05, 4.69) is 25.3 Å². The van der Waals surface area contributed by atoms with Crippen molar-refractivity contribution >= 4 is 0 Å². The van der Waals surface area contributed by atoms with Gasteiger partial charge in [0.25, 0.3) is 0 Å². The van der Waals surface area contributed by atoms with Crippen molar-refractivity contribution in [3.8, 4) is 0 Å². The van der Waals surface area contributed by atoms with E-state index >= 15 is 0 Å². The van der Waals surface area contributed by atoms with Crippen LogP contribution in [0.2, 0.25) is 0 Å². The zero-order chi connectivity index (χ0) is 9.97. The number of aryl methyl sites for hydroxylation is 4. The van der Waals surface area contributed by atoms with Gasteiger partial charge in [-0.2, -0.15) is 10.1 Å². The standard InChI is InChI=1S/C8H11N5O/c1-5-9-7(12-11-5)3-4-8-10-6(2)13-14-8/h3-4H2,1-2H3,(H,9,11,12). The van der Waals surface area contributed by atoms with Crippen LogP contribution in [0.4, 0.5) is 0 Å². The molecule has 0 aliphatic carbocycles. The van der Waals surface area contributed by atoms with Gasteiger partial charge < -0.3 is 4.52 Å². The molecule has 0 aromatic carbocycles. The lowest BCUT2D eigenvalue weighted by Gasteiger charge is -1.88. The lowest BCUT2D eigenvalue weighted by molar-refractivity contribution is 0.374. The molecule has 0 aliphatic heterocycles. The Labute approximate surface area is 80.8 Å². The van der Waals surface area contributed by atoms with Crippen molar-refractivity contribution in [3.05, 3.63) is 23.4 Å². The maximum atomic E-state index is 4.97. The van der Waals surface area contributed by atoms with Crippen molar-refractivity contribution in [1.82, 2.24) is 25.3 Å². The summed E-state index contributed by atoms with van der Waals surface area (Å²) in [4.78, 5) is 8.27. The van der Waals surface area contributed by atoms with Gasteiger partial charge in [0.05, 0.1) is 0 Å². The van der Waals surface area contributed by atoms with Crippen molar-refractivity contribution in [2.75, 3.05) is 0 Å². The number of aromatic nitrogens is 5. The molecule has 0 unspecified atom stereocenters. The van der Waals surface area contributed by atoms with Crippen LogP contribution in [0.3, 0.4) is 0 Å². The van der Waals surface area contributed by atoms with Crippen LogP contribution in [0.25, 0.3) is 0 Å². The molecule has 0 spiro atoms. The van der Waals surface area contributed by atoms with Crippen molar-refractivity contribution in [2.24, 2.45) is 0 Å². The number of hydrogen-bond donors (Lipinski definition) is 1. The van der Waals surface area contributed by atoms with E-state index < -0.39 is 0 Å². The molecular weight excluding hydrogens is 182 g/mol. The minimum absolute atomic E-state index is 0.630. The average Bonchev–Trinajstić information content (AvgIpc) is 2.72. The van der Waals surface area contributed by atoms with Gasteiger partial charge in [0.2, 0.25) is 5.89 Å². The molecule has 0 radical (unpaired) electrons. The second-order valence-corrected chi connectivity index (χ2v) is 3.07. The lowest BCUT2D eigenvalue weighted by Crippen LogP contribution is -1.94. The van der Waals surface area contributed by atoms with Gasteiger partial charge in [-0.05, 0) is 13.8 Å². The topological polar surface area (TPSA) is 80.5 Å². The van der Waals surface area contributed by atoms with Gasteiger partial charge in [-0.3, -0.25) is 5.10 Å². The van der Waals surface area contributed by atoms with Gasteiger partial charge in [0, 0.05) is 12.8 Å². The molecule has 74 valence electrons. The minimum Gasteiger partial charge on any atom is -0.339 e. The van der Waals surface area contributed by atoms with Gasteiger partial charge in [0.1, 0.15) is 5.82 Å². The molecule has 14 heavy (non-hydrogen) atoms. The summed E-state index contributed by atoms with van der Waals surface area (Å²) in [6.45, 7) is 3.66. The van der Waals surface area contributed by atoms with E-state index in [9.17, 15) is 0 Å². The van der Waals surface area contributed by atoms with E-state index in [0.717, 1.165) is 11.6 Å². The molecule has 0 amide bonds. The minimum atomic E-state index is 0.630. The first kappa shape index (κ1) is 8.86. The second kappa shape index (κ2) is 3.57. The average molecular weight is 193 g/mol. The SMILES string of the molecule is Cc1noc(CCc2n[nH]c(C)n2)n1. The van der Waals surface area contributed by atoms with E-state index in [1.807, 2.05) is 6.92 Å². The Kier molecular flexibility index (Phi) is 2.26. The van der Waals surface area contributed by atoms with Crippen LogP contribution < -0.4 is 0 Å². The van der Waals surface area contributed by atoms with Gasteiger partial charge in [0.15, 0.2) is 11.6 Å². The monoisotopic (exact) mass is 193 g/mol. The fourth-order valence-corrected chi connectivity index (χ4v) is 1.16. The largest absolute Gasteiger partial charge is 0.339 e. The van der Waals surface area contributed by atoms with E-state index in [1.165, 1.54) is 0 Å². The number of nitrogens with one attached hydrogen (secondary N) is 1. The normalized spacial score (nSPS) is 10.7. The third-order valence-corrected chi connectivity index (χ3v) is 1.78. The van der Waals surface area contributed by atoms with Gasteiger partial charge >= 0.3 is 0 Å². The Bertz CT molecular complexity index is 379. The smallest absolute Gasteiger partial charge is 0.227 e. The highest BCUT2D eigenvalue weighted by molar-refractivity contribution is 4.92. The molecule has 1 N–H and O–H groups in total. The van der Waals surface area contributed by atoms with Crippen LogP contribution in [0, 0.1) is 13.8 Å². The molecule has 0 fully saturated rings. The zero-order valence-corrected chi connectivity index (χ0v) is 8.11. The first-order valence-electron chi connectivity index (χ1n) is 4.41. The van der Waals surface area contributed by atoms with Crippen molar-refractivity contribution in [3.63, 3.8) is 0 Å². The van der Waals surface area contributed by atoms with Gasteiger partial charge in [-0.1, -0.05) is 5.16 Å². The maximum Gasteiger partial charge on any atom is 0.227 e. The molecule has 0 atom stereocenters. The Morgan fingerprint density at radius 3 is 2.64 bits per heavy atom. The predicted molar refractivity (Wildman–Crippen MR) is 47.6 cm³/mol. The van der Waals surface area contributed by atoms with Crippen LogP contribution >= 0.6 is 0 Å². The number of aromatic amines is 1. The summed E-state index contributed by atoms with van der Waals surface area (Å²) in [6, 6.07) is 0. The highest BCUT2D eigenvalue weighted by atomic mass is 16.5. The van der Waals surface area contributed by atoms with E-state index in [-0.39, 0.29) is 0 Å². The Balaban J connectivity index is 1.94. The summed E-state index contributed by atoms with van der Waals surface area (Å²) >= 11 is 0. The van der Waals surface area contributed by atoms with Gasteiger partial charge in [-0.15, -0.1) is 0 Å². The molecule has 2 heterocycles. The van der Waals surface area contributed by atoms with Crippen molar-refractivity contribution in [2.45, 2.75) is 26.7 Å². The Morgan fingerprint density at radius 2 is 2.07 bits per heavy atom. The van der Waals surface area contributed by atoms with Crippen molar-refractivity contribution in [1.29, 1.82) is 0 Å². The molecule has 6 nitrogen and oxygen atoms in total. The molecule has 2 aromatic heterocycles. The molecule has 6 heteroatoms. The number of nitrogens with zero attached hydrogens (tertiary/aromatic N) is 4. The van der Waals surface area contributed by atoms with Crippen molar-refractivity contribution < 1.29 is 4.52 Å². The fourth-order valence-electron chi connectivity index (χ4n) is 1.16. The predicted octanol–water partition coefficient (Wildman–Crippen LogP) is 0.590. The first-order chi connectivity index (χ1) is 6.74. The van der Waals surface area contributed by atoms with Crippen LogP contribution in [0.5, 0.6) is 0 Å². The Morgan fingerprint density at radius 1 is 1.21 bits per heavy atom. The first-order valence-corrected chi connectivity index (χ1v) is 4.41. The lowest BCUT2D eigenvalue weighted by atomic mass is 10.3. The highest BCUT2D eigenvalue weighted by Gasteiger charge is 2.05. The molecule has 0 saturated carbocycles. The quantitative estimate of drug-likeness (QED) is 0.771. The molecule has 2 rings (SSSR count). The third-order valence-electron chi connectivity index (χ3n) is 1.78. The molecule has 0 bridgehead atoms. The number of H-pyrrole nitrogens is 1. The summed E-state index contributed by atoms with van der Waals surface area (Å²) in [6.07, 6.45) is 1.39. The number of hydrogen-bond acceptors (Lipinski definition) is 5. The molecule has 0 saturated heterocycles. The van der Waals surface area contributed by atoms with E-state index in [0.29, 0.717) is 24.6 Å². The van der Waals surface area contributed by atoms with Crippen LogP contribution in [0.15, 0.2) is 4.52 Å². The molecular formula is C8H11N5O. The fraction of sp³-hybridized carbons (Fsp3) is 0.500. The van der Waals surface area contributed by atoms with Crippen LogP contribution in [-0.2, 0) is 12.8 Å². The summed E-state index contributed by atoms with van der Waals surface area (Å²) in [5.41, 5.74) is 0. The maximum absolute atomic E-state index is 4.97. The molecule has 2 aromatic rings. The number of rotatable bonds is 3. The van der Waals surface area contributed by atoms with E-state index in [4.69, 9.17) is 4.52 Å². The summed E-state index contributed by atoms with van der Waals surface area (Å²) in [5.74, 6) is 2.89. The molecule has 0 aliphatic rings.